The molecular weight excluding hydrogens is 230 g/mol. The van der Waals surface area contributed by atoms with Crippen LogP contribution in [0.1, 0.15) is 0 Å². The average Bonchev–Trinajstić information content (AvgIpc) is 2.38. The van der Waals surface area contributed by atoms with Gasteiger partial charge in [-0.1, -0.05) is 12.1 Å². The van der Waals surface area contributed by atoms with Crippen LogP contribution in [-0.2, 0) is 0 Å². The first-order valence-corrected chi connectivity index (χ1v) is 5.47. The molecule has 2 aromatic rings. The number of anilines is 1. The fraction of sp³-hybridized carbons (Fsp3) is 0.143. The molecule has 0 amide bonds. The monoisotopic (exact) mass is 245 g/mol. The van der Waals surface area contributed by atoms with Gasteiger partial charge in [0, 0.05) is 11.3 Å². The summed E-state index contributed by atoms with van der Waals surface area (Å²) in [6.45, 7) is 0. The number of rotatable bonds is 3. The van der Waals surface area contributed by atoms with E-state index < -0.39 is 0 Å². The molecule has 18 heavy (non-hydrogen) atoms. The zero-order valence-corrected chi connectivity index (χ0v) is 10.3. The summed E-state index contributed by atoms with van der Waals surface area (Å²) in [6, 6.07) is 10.4. The van der Waals surface area contributed by atoms with Gasteiger partial charge in [0.1, 0.15) is 5.75 Å². The molecule has 2 aromatic carbocycles. The van der Waals surface area contributed by atoms with Gasteiger partial charge in [-0.15, -0.1) is 0 Å². The Morgan fingerprint density at radius 3 is 2.33 bits per heavy atom. The van der Waals surface area contributed by atoms with Gasteiger partial charge >= 0.3 is 0 Å². The van der Waals surface area contributed by atoms with Gasteiger partial charge < -0.3 is 20.3 Å². The maximum atomic E-state index is 9.88. The molecule has 0 aromatic heterocycles. The second-order valence-electron chi connectivity index (χ2n) is 3.81. The van der Waals surface area contributed by atoms with Gasteiger partial charge in [-0.25, -0.2) is 0 Å². The van der Waals surface area contributed by atoms with Crippen molar-refractivity contribution >= 4 is 5.69 Å². The van der Waals surface area contributed by atoms with E-state index in [4.69, 9.17) is 15.2 Å². The van der Waals surface area contributed by atoms with E-state index in [9.17, 15) is 5.11 Å². The van der Waals surface area contributed by atoms with Gasteiger partial charge in [-0.05, 0) is 29.8 Å². The maximum Gasteiger partial charge on any atom is 0.161 e. The quantitative estimate of drug-likeness (QED) is 0.816. The highest BCUT2D eigenvalue weighted by atomic mass is 16.5. The van der Waals surface area contributed by atoms with Crippen LogP contribution >= 0.6 is 0 Å². The fourth-order valence-corrected chi connectivity index (χ4v) is 1.86. The molecule has 0 aliphatic heterocycles. The maximum absolute atomic E-state index is 9.88. The highest BCUT2D eigenvalue weighted by molar-refractivity contribution is 5.82. The Labute approximate surface area is 106 Å². The molecule has 2 rings (SSSR count). The van der Waals surface area contributed by atoms with E-state index in [1.54, 1.807) is 44.6 Å². The predicted molar refractivity (Wildman–Crippen MR) is 71.1 cm³/mol. The van der Waals surface area contributed by atoms with Crippen LogP contribution in [0.3, 0.4) is 0 Å². The molecular formula is C14H15NO3. The lowest BCUT2D eigenvalue weighted by atomic mass is 10.0. The predicted octanol–water partition coefficient (Wildman–Crippen LogP) is 2.66. The zero-order valence-electron chi connectivity index (χ0n) is 10.3. The van der Waals surface area contributed by atoms with E-state index in [-0.39, 0.29) is 5.75 Å². The fourth-order valence-electron chi connectivity index (χ4n) is 1.86. The summed E-state index contributed by atoms with van der Waals surface area (Å²) in [5, 5.41) is 9.88. The molecule has 0 aliphatic carbocycles. The van der Waals surface area contributed by atoms with Crippen LogP contribution in [0.2, 0.25) is 0 Å². The molecule has 0 unspecified atom stereocenters. The molecule has 4 heteroatoms. The third kappa shape index (κ3) is 2.05. The summed E-state index contributed by atoms with van der Waals surface area (Å²) in [5.74, 6) is 1.37. The van der Waals surface area contributed by atoms with Gasteiger partial charge in [0.2, 0.25) is 0 Å². The van der Waals surface area contributed by atoms with Crippen LogP contribution in [0.15, 0.2) is 36.4 Å². The van der Waals surface area contributed by atoms with Gasteiger partial charge in [-0.3, -0.25) is 0 Å². The van der Waals surface area contributed by atoms with Crippen molar-refractivity contribution in [2.24, 2.45) is 0 Å². The molecule has 94 valence electrons. The van der Waals surface area contributed by atoms with Gasteiger partial charge in [0.05, 0.1) is 14.2 Å². The van der Waals surface area contributed by atoms with Gasteiger partial charge in [-0.2, -0.15) is 0 Å². The Morgan fingerprint density at radius 2 is 1.72 bits per heavy atom. The molecule has 0 bridgehead atoms. The number of methoxy groups -OCH3 is 2. The zero-order chi connectivity index (χ0) is 13.1. The largest absolute Gasteiger partial charge is 0.507 e. The van der Waals surface area contributed by atoms with Crippen LogP contribution < -0.4 is 15.2 Å². The van der Waals surface area contributed by atoms with Crippen molar-refractivity contribution in [2.45, 2.75) is 0 Å². The molecule has 0 aliphatic rings. The van der Waals surface area contributed by atoms with Crippen molar-refractivity contribution in [3.8, 4) is 28.4 Å². The molecule has 4 nitrogen and oxygen atoms in total. The molecule has 3 N–H and O–H groups in total. The smallest absolute Gasteiger partial charge is 0.161 e. The average molecular weight is 245 g/mol. The number of ether oxygens (including phenoxy) is 2. The van der Waals surface area contributed by atoms with Crippen molar-refractivity contribution in [1.82, 2.24) is 0 Å². The first-order chi connectivity index (χ1) is 8.67. The van der Waals surface area contributed by atoms with Crippen molar-refractivity contribution in [3.63, 3.8) is 0 Å². The molecule has 0 saturated carbocycles. The third-order valence-corrected chi connectivity index (χ3v) is 2.75. The van der Waals surface area contributed by atoms with E-state index >= 15 is 0 Å². The topological polar surface area (TPSA) is 64.7 Å². The number of benzene rings is 2. The highest BCUT2D eigenvalue weighted by Crippen LogP contribution is 2.38. The number of phenols is 1. The van der Waals surface area contributed by atoms with Crippen LogP contribution in [0.4, 0.5) is 5.69 Å². The van der Waals surface area contributed by atoms with Crippen molar-refractivity contribution in [2.75, 3.05) is 20.0 Å². The standard InChI is InChI=1S/C14H15NO3/c1-17-12-7-6-9(8-13(12)18-2)14-10(15)4-3-5-11(14)16/h3-8,16H,15H2,1-2H3. The van der Waals surface area contributed by atoms with Crippen LogP contribution in [0.25, 0.3) is 11.1 Å². The van der Waals surface area contributed by atoms with Crippen molar-refractivity contribution < 1.29 is 14.6 Å². The summed E-state index contributed by atoms with van der Waals surface area (Å²) >= 11 is 0. The molecule has 0 saturated heterocycles. The van der Waals surface area contributed by atoms with E-state index in [0.717, 1.165) is 5.56 Å². The Bertz CT molecular complexity index is 547. The minimum Gasteiger partial charge on any atom is -0.507 e. The highest BCUT2D eigenvalue weighted by Gasteiger charge is 2.11. The molecule has 0 spiro atoms. The molecule has 0 atom stereocenters. The van der Waals surface area contributed by atoms with E-state index in [1.165, 1.54) is 0 Å². The summed E-state index contributed by atoms with van der Waals surface area (Å²) in [4.78, 5) is 0. The first kappa shape index (κ1) is 12.1. The lowest BCUT2D eigenvalue weighted by Gasteiger charge is -2.12. The lowest BCUT2D eigenvalue weighted by molar-refractivity contribution is 0.355. The Balaban J connectivity index is 2.58. The number of aromatic hydroxyl groups is 1. The van der Waals surface area contributed by atoms with Crippen molar-refractivity contribution in [1.29, 1.82) is 0 Å². The summed E-state index contributed by atoms with van der Waals surface area (Å²) in [7, 11) is 3.14. The number of phenolic OH excluding ortho intramolecular Hbond substituents is 1. The number of hydrogen-bond donors (Lipinski definition) is 2. The normalized spacial score (nSPS) is 10.1. The van der Waals surface area contributed by atoms with Gasteiger partial charge in [0.25, 0.3) is 0 Å². The second kappa shape index (κ2) is 4.87. The lowest BCUT2D eigenvalue weighted by Crippen LogP contribution is -1.93. The molecule has 0 fully saturated rings. The van der Waals surface area contributed by atoms with Crippen LogP contribution in [0.5, 0.6) is 17.2 Å². The van der Waals surface area contributed by atoms with E-state index in [0.29, 0.717) is 22.7 Å². The Hall–Kier alpha value is -2.36. The minimum absolute atomic E-state index is 0.141. The second-order valence-corrected chi connectivity index (χ2v) is 3.81. The van der Waals surface area contributed by atoms with Crippen molar-refractivity contribution in [3.05, 3.63) is 36.4 Å². The van der Waals surface area contributed by atoms with E-state index in [1.807, 2.05) is 6.07 Å². The Kier molecular flexibility index (Phi) is 3.28. The van der Waals surface area contributed by atoms with Gasteiger partial charge in [0.15, 0.2) is 11.5 Å². The number of nitrogen functional groups attached to an aromatic ring is 1. The SMILES string of the molecule is COc1ccc(-c2c(N)cccc2O)cc1OC. The summed E-state index contributed by atoms with van der Waals surface area (Å²) < 4.78 is 10.4. The Morgan fingerprint density at radius 1 is 1.00 bits per heavy atom. The van der Waals surface area contributed by atoms with Crippen LogP contribution in [-0.4, -0.2) is 19.3 Å². The molecule has 0 radical (unpaired) electrons. The minimum atomic E-state index is 0.141. The summed E-state index contributed by atoms with van der Waals surface area (Å²) in [5.41, 5.74) is 7.78. The first-order valence-electron chi connectivity index (χ1n) is 5.47. The summed E-state index contributed by atoms with van der Waals surface area (Å²) in [6.07, 6.45) is 0. The molecule has 0 heterocycles. The van der Waals surface area contributed by atoms with E-state index in [2.05, 4.69) is 0 Å². The third-order valence-electron chi connectivity index (χ3n) is 2.75. The number of hydrogen-bond acceptors (Lipinski definition) is 4. The van der Waals surface area contributed by atoms with Crippen LogP contribution in [0, 0.1) is 0 Å². The number of nitrogens with two attached hydrogens (primary N) is 1.